The Kier molecular flexibility index (Phi) is 9.26. The highest BCUT2D eigenvalue weighted by atomic mass is 16.5. The lowest BCUT2D eigenvalue weighted by Gasteiger charge is -2.26. The van der Waals surface area contributed by atoms with Crippen LogP contribution in [0.1, 0.15) is 30.4 Å². The number of anilines is 4. The van der Waals surface area contributed by atoms with Crippen LogP contribution in [0.25, 0.3) is 110 Å². The van der Waals surface area contributed by atoms with Crippen LogP contribution in [0.3, 0.4) is 0 Å². The summed E-state index contributed by atoms with van der Waals surface area (Å²) in [5, 5.41) is 8.62. The zero-order valence-corrected chi connectivity index (χ0v) is 44.7. The van der Waals surface area contributed by atoms with E-state index in [4.69, 9.17) is 9.72 Å². The minimum Gasteiger partial charge on any atom is -0.457 e. The molecule has 8 nitrogen and oxygen atoms in total. The average molecular weight is 1040 g/mol. The van der Waals surface area contributed by atoms with Gasteiger partial charge in [-0.1, -0.05) is 142 Å². The van der Waals surface area contributed by atoms with E-state index in [0.717, 1.165) is 111 Å². The van der Waals surface area contributed by atoms with Crippen molar-refractivity contribution in [3.05, 3.63) is 236 Å². The zero-order chi connectivity index (χ0) is 56.0. The summed E-state index contributed by atoms with van der Waals surface area (Å²) in [7, 11) is 2.11. The van der Waals surface area contributed by atoms with Crippen molar-refractivity contribution < 1.29 is 8.85 Å². The van der Waals surface area contributed by atoms with Gasteiger partial charge in [0.2, 0.25) is 0 Å². The molecule has 0 aliphatic carbocycles. The number of hydrogen-bond donors (Lipinski definition) is 0. The van der Waals surface area contributed by atoms with Crippen molar-refractivity contribution in [1.29, 1.82) is 0 Å². The Morgan fingerprint density at radius 1 is 0.450 bits per heavy atom. The number of aromatic nitrogens is 5. The summed E-state index contributed by atoms with van der Waals surface area (Å²) < 4.78 is 43.3. The van der Waals surface area contributed by atoms with Gasteiger partial charge in [0.05, 0.1) is 50.2 Å². The van der Waals surface area contributed by atoms with Crippen LogP contribution >= 0.6 is 0 Å². The normalized spacial score (nSPS) is 13.7. The number of benzene rings is 10. The standard InChI is InChI=1S/C72H55N7O/c1-72(2,3)46-38-39-73-65(40-46)79-61-37-34-48(78-59-30-15-9-24-51(59)52-25-10-16-31-60(52)78)42-56(61)53-36-35-50(43-64(53)79)80-49-23-19-22-47(41-49)76-44-77(63-33-18-17-32-62(63)76)71-69-67(54-26-11-13-28-57(54)74(69)4)66(45-20-7-6-8-21-45)68-55-27-12-14-29-58(55)75(5)70(68)71/h6-43H,44H2,1-5H3/i4D3. The van der Waals surface area contributed by atoms with Crippen LogP contribution in [0.4, 0.5) is 22.7 Å². The maximum absolute atomic E-state index is 9.28. The molecular formula is C72H55N7O. The fraction of sp³-hybridized carbons (Fsp3) is 0.0972. The third-order valence-electron chi connectivity index (χ3n) is 16.8. The minimum absolute atomic E-state index is 0.0917. The van der Waals surface area contributed by atoms with Gasteiger partial charge < -0.3 is 28.2 Å². The Labute approximate surface area is 467 Å². The fourth-order valence-corrected chi connectivity index (χ4v) is 13.2. The Bertz CT molecular complexity index is 5120. The lowest BCUT2D eigenvalue weighted by Crippen LogP contribution is -2.25. The highest BCUT2D eigenvalue weighted by Gasteiger charge is 2.35. The first-order chi connectivity index (χ1) is 40.4. The quantitative estimate of drug-likeness (QED) is 0.160. The summed E-state index contributed by atoms with van der Waals surface area (Å²) in [4.78, 5) is 9.67. The molecule has 0 saturated heterocycles. The lowest BCUT2D eigenvalue weighted by atomic mass is 9.88. The molecule has 10 aromatic carbocycles. The Morgan fingerprint density at radius 2 is 1.04 bits per heavy atom. The number of pyridine rings is 1. The summed E-state index contributed by atoms with van der Waals surface area (Å²) in [6.45, 7) is 4.58. The van der Waals surface area contributed by atoms with E-state index < -0.39 is 6.98 Å². The maximum Gasteiger partial charge on any atom is 0.137 e. The van der Waals surface area contributed by atoms with Crippen LogP contribution in [-0.2, 0) is 19.4 Å². The van der Waals surface area contributed by atoms with E-state index in [0.29, 0.717) is 29.2 Å². The van der Waals surface area contributed by atoms with Crippen molar-refractivity contribution in [3.63, 3.8) is 0 Å². The molecule has 0 spiro atoms. The minimum atomic E-state index is -2.52. The summed E-state index contributed by atoms with van der Waals surface area (Å²) in [6, 6.07) is 78.4. The molecule has 16 rings (SSSR count). The topological polar surface area (TPSA) is 48.3 Å². The largest absolute Gasteiger partial charge is 0.457 e. The van der Waals surface area contributed by atoms with E-state index in [1.54, 1.807) is 4.57 Å². The predicted molar refractivity (Wildman–Crippen MR) is 334 cm³/mol. The molecule has 5 aromatic heterocycles. The first kappa shape index (κ1) is 43.0. The SMILES string of the molecule is [2H]C([2H])([2H])n1c2ccccc2c2c(-c3ccccc3)c3c4ccccc4n(C)c3c(N3CN(c4cccc(Oc5ccc6c7cc(-n8c9ccccc9c9ccccc98)ccc7n(-c7cc(C(C)(C)C)ccn7)c6c5)c4)c4ccccc43)c21. The van der Waals surface area contributed by atoms with Gasteiger partial charge in [-0.05, 0) is 108 Å². The molecule has 1 aliphatic heterocycles. The van der Waals surface area contributed by atoms with E-state index >= 15 is 0 Å². The monoisotopic (exact) mass is 1040 g/mol. The van der Waals surface area contributed by atoms with Crippen molar-refractivity contribution in [2.24, 2.45) is 14.0 Å². The summed E-state index contributed by atoms with van der Waals surface area (Å²) in [5.41, 5.74) is 15.6. The van der Waals surface area contributed by atoms with Crippen molar-refractivity contribution in [1.82, 2.24) is 23.3 Å². The third kappa shape index (κ3) is 6.72. The molecule has 80 heavy (non-hydrogen) atoms. The molecule has 0 fully saturated rings. The number of aryl methyl sites for hydroxylation is 2. The molecule has 0 radical (unpaired) electrons. The van der Waals surface area contributed by atoms with E-state index in [-0.39, 0.29) is 5.41 Å². The molecule has 0 N–H and O–H groups in total. The Morgan fingerprint density at radius 3 is 1.74 bits per heavy atom. The molecule has 0 atom stereocenters. The van der Waals surface area contributed by atoms with Gasteiger partial charge in [-0.2, -0.15) is 0 Å². The van der Waals surface area contributed by atoms with E-state index in [2.05, 4.69) is 239 Å². The van der Waals surface area contributed by atoms with Crippen LogP contribution in [0.2, 0.25) is 0 Å². The van der Waals surface area contributed by atoms with Crippen molar-refractivity contribution in [3.8, 4) is 34.1 Å². The Hall–Kier alpha value is -10.1. The van der Waals surface area contributed by atoms with Crippen LogP contribution in [0.5, 0.6) is 11.5 Å². The number of para-hydroxylation sites is 6. The van der Waals surface area contributed by atoms with Gasteiger partial charge in [0.25, 0.3) is 0 Å². The average Bonchev–Trinajstić information content (AvgIpc) is 2.39. The Balaban J connectivity index is 0.844. The van der Waals surface area contributed by atoms with Crippen LogP contribution in [0.15, 0.2) is 231 Å². The van der Waals surface area contributed by atoms with Gasteiger partial charge in [0, 0.05) is 108 Å². The number of ether oxygens (including phenoxy) is 1. The van der Waals surface area contributed by atoms with E-state index in [1.165, 1.54) is 16.3 Å². The second-order valence-corrected chi connectivity index (χ2v) is 22.3. The highest BCUT2D eigenvalue weighted by Crippen LogP contribution is 2.54. The highest BCUT2D eigenvalue weighted by molar-refractivity contribution is 6.33. The molecular weight excluding hydrogens is 979 g/mol. The van der Waals surface area contributed by atoms with Crippen LogP contribution in [0, 0.1) is 0 Å². The molecule has 0 saturated carbocycles. The zero-order valence-electron chi connectivity index (χ0n) is 47.7. The van der Waals surface area contributed by atoms with Gasteiger partial charge in [0.15, 0.2) is 0 Å². The molecule has 0 unspecified atom stereocenters. The number of nitrogens with zero attached hydrogens (tertiary/aromatic N) is 7. The van der Waals surface area contributed by atoms with Gasteiger partial charge in [-0.3, -0.25) is 4.57 Å². The van der Waals surface area contributed by atoms with Crippen LogP contribution in [-0.4, -0.2) is 29.9 Å². The first-order valence-electron chi connectivity index (χ1n) is 28.9. The van der Waals surface area contributed by atoms with Crippen LogP contribution < -0.4 is 14.5 Å². The fourth-order valence-electron chi connectivity index (χ4n) is 13.2. The van der Waals surface area contributed by atoms with Gasteiger partial charge >= 0.3 is 0 Å². The van der Waals surface area contributed by atoms with Gasteiger partial charge in [-0.25, -0.2) is 4.98 Å². The van der Waals surface area contributed by atoms with Crippen molar-refractivity contribution in [2.45, 2.75) is 26.2 Å². The second-order valence-electron chi connectivity index (χ2n) is 22.3. The summed E-state index contributed by atoms with van der Waals surface area (Å²) in [6.07, 6.45) is 1.92. The van der Waals surface area contributed by atoms with Crippen molar-refractivity contribution in [2.75, 3.05) is 16.5 Å². The van der Waals surface area contributed by atoms with Gasteiger partial charge in [0.1, 0.15) is 24.0 Å². The lowest BCUT2D eigenvalue weighted by molar-refractivity contribution is 0.483. The molecule has 0 amide bonds. The summed E-state index contributed by atoms with van der Waals surface area (Å²) in [5.74, 6) is 2.20. The first-order valence-corrected chi connectivity index (χ1v) is 27.4. The maximum atomic E-state index is 9.28. The number of hydrogen-bond acceptors (Lipinski definition) is 4. The molecule has 8 heteroatoms. The second kappa shape index (κ2) is 17.2. The molecule has 6 heterocycles. The summed E-state index contributed by atoms with van der Waals surface area (Å²) >= 11 is 0. The molecule has 0 bridgehead atoms. The molecule has 1 aliphatic rings. The number of rotatable bonds is 7. The predicted octanol–water partition coefficient (Wildman–Crippen LogP) is 18.6. The van der Waals surface area contributed by atoms with E-state index in [1.807, 2.05) is 42.6 Å². The molecule has 15 aromatic rings. The third-order valence-corrected chi connectivity index (χ3v) is 16.8. The number of fused-ring (bicyclic) bond motifs is 13. The van der Waals surface area contributed by atoms with Gasteiger partial charge in [-0.15, -0.1) is 0 Å². The van der Waals surface area contributed by atoms with E-state index in [9.17, 15) is 4.11 Å². The molecule has 384 valence electrons. The smallest absolute Gasteiger partial charge is 0.137 e. The van der Waals surface area contributed by atoms with Crippen molar-refractivity contribution >= 4 is 110 Å².